The molecule has 6 heteroatoms. The van der Waals surface area contributed by atoms with Crippen LogP contribution in [0.1, 0.15) is 5.56 Å². The van der Waals surface area contributed by atoms with E-state index in [1.807, 2.05) is 0 Å². The molecular formula is C10H13FN2O2S. The number of nitrogens with one attached hydrogen (secondary N) is 1. The lowest BCUT2D eigenvalue weighted by Gasteiger charge is -2.09. The summed E-state index contributed by atoms with van der Waals surface area (Å²) in [6.45, 7) is 4.86. The van der Waals surface area contributed by atoms with Crippen LogP contribution in [0, 0.1) is 12.7 Å². The number of nitrogen functional groups attached to an aromatic ring is 1. The molecule has 0 unspecified atom stereocenters. The van der Waals surface area contributed by atoms with Crippen LogP contribution < -0.4 is 10.5 Å². The van der Waals surface area contributed by atoms with Crippen LogP contribution in [0.5, 0.6) is 0 Å². The minimum Gasteiger partial charge on any atom is -0.399 e. The predicted molar refractivity (Wildman–Crippen MR) is 60.9 cm³/mol. The maximum Gasteiger partial charge on any atom is 0.241 e. The van der Waals surface area contributed by atoms with Crippen molar-refractivity contribution >= 4 is 15.7 Å². The van der Waals surface area contributed by atoms with Crippen LogP contribution in [0.2, 0.25) is 0 Å². The summed E-state index contributed by atoms with van der Waals surface area (Å²) in [6, 6.07) is 2.31. The van der Waals surface area contributed by atoms with Crippen molar-refractivity contribution in [2.75, 3.05) is 12.3 Å². The van der Waals surface area contributed by atoms with Crippen molar-refractivity contribution in [1.29, 1.82) is 0 Å². The Balaban J connectivity index is 3.27. The highest BCUT2D eigenvalue weighted by Gasteiger charge is 2.18. The van der Waals surface area contributed by atoms with E-state index < -0.39 is 15.8 Å². The molecule has 16 heavy (non-hydrogen) atoms. The Morgan fingerprint density at radius 1 is 1.56 bits per heavy atom. The molecule has 0 atom stereocenters. The Kier molecular flexibility index (Phi) is 3.66. The van der Waals surface area contributed by atoms with Crippen LogP contribution >= 0.6 is 0 Å². The van der Waals surface area contributed by atoms with Crippen LogP contribution in [-0.4, -0.2) is 15.0 Å². The van der Waals surface area contributed by atoms with Crippen molar-refractivity contribution in [3.63, 3.8) is 0 Å². The Morgan fingerprint density at radius 3 is 2.75 bits per heavy atom. The highest BCUT2D eigenvalue weighted by Crippen LogP contribution is 2.21. The van der Waals surface area contributed by atoms with Gasteiger partial charge in [-0.2, -0.15) is 0 Å². The van der Waals surface area contributed by atoms with Gasteiger partial charge in [-0.05, 0) is 19.1 Å². The molecule has 0 saturated heterocycles. The van der Waals surface area contributed by atoms with Crippen LogP contribution in [0.4, 0.5) is 10.1 Å². The summed E-state index contributed by atoms with van der Waals surface area (Å²) in [5.74, 6) is -0.640. The summed E-state index contributed by atoms with van der Waals surface area (Å²) in [5, 5.41) is 0. The molecule has 0 heterocycles. The number of anilines is 1. The summed E-state index contributed by atoms with van der Waals surface area (Å²) < 4.78 is 39.0. The second kappa shape index (κ2) is 4.63. The van der Waals surface area contributed by atoms with Gasteiger partial charge in [0.2, 0.25) is 10.0 Å². The quantitative estimate of drug-likeness (QED) is 0.617. The average molecular weight is 244 g/mol. The number of hydrogen-bond donors (Lipinski definition) is 2. The van der Waals surface area contributed by atoms with Crippen molar-refractivity contribution in [1.82, 2.24) is 4.72 Å². The van der Waals surface area contributed by atoms with Gasteiger partial charge >= 0.3 is 0 Å². The maximum absolute atomic E-state index is 13.3. The standard InChI is InChI=1S/C10H13FN2O2S/c1-3-4-13-16(14,15)10-6-8(12)5-9(11)7(10)2/h3,5-6,13H,1,4,12H2,2H3. The largest absolute Gasteiger partial charge is 0.399 e. The maximum atomic E-state index is 13.3. The van der Waals surface area contributed by atoms with E-state index in [-0.39, 0.29) is 22.7 Å². The van der Waals surface area contributed by atoms with Crippen molar-refractivity contribution in [3.8, 4) is 0 Å². The first-order chi connectivity index (χ1) is 7.38. The summed E-state index contributed by atoms with van der Waals surface area (Å²) >= 11 is 0. The van der Waals surface area contributed by atoms with E-state index >= 15 is 0 Å². The van der Waals surface area contributed by atoms with Gasteiger partial charge in [0, 0.05) is 17.8 Å². The van der Waals surface area contributed by atoms with Crippen molar-refractivity contribution in [2.45, 2.75) is 11.8 Å². The zero-order chi connectivity index (χ0) is 12.3. The van der Waals surface area contributed by atoms with Gasteiger partial charge in [-0.25, -0.2) is 17.5 Å². The molecule has 0 aliphatic heterocycles. The van der Waals surface area contributed by atoms with Crippen molar-refractivity contribution in [2.24, 2.45) is 0 Å². The third-order valence-electron chi connectivity index (χ3n) is 2.03. The van der Waals surface area contributed by atoms with E-state index in [0.717, 1.165) is 6.07 Å². The number of sulfonamides is 1. The molecule has 0 spiro atoms. The first-order valence-electron chi connectivity index (χ1n) is 4.54. The minimum atomic E-state index is -3.74. The Bertz CT molecular complexity index is 512. The smallest absolute Gasteiger partial charge is 0.241 e. The van der Waals surface area contributed by atoms with Crippen molar-refractivity contribution < 1.29 is 12.8 Å². The zero-order valence-corrected chi connectivity index (χ0v) is 9.64. The minimum absolute atomic E-state index is 0.0470. The highest BCUT2D eigenvalue weighted by molar-refractivity contribution is 7.89. The van der Waals surface area contributed by atoms with E-state index in [2.05, 4.69) is 11.3 Å². The molecule has 0 fully saturated rings. The van der Waals surface area contributed by atoms with E-state index in [0.29, 0.717) is 0 Å². The third-order valence-corrected chi connectivity index (χ3v) is 3.58. The zero-order valence-electron chi connectivity index (χ0n) is 8.83. The molecule has 0 aliphatic rings. The van der Waals surface area contributed by atoms with Gasteiger partial charge < -0.3 is 5.73 Å². The van der Waals surface area contributed by atoms with Gasteiger partial charge in [0.25, 0.3) is 0 Å². The van der Waals surface area contributed by atoms with Gasteiger partial charge in [-0.15, -0.1) is 6.58 Å². The van der Waals surface area contributed by atoms with Gasteiger partial charge in [0.05, 0.1) is 4.90 Å². The Labute approximate surface area is 94.0 Å². The van der Waals surface area contributed by atoms with Crippen molar-refractivity contribution in [3.05, 3.63) is 36.2 Å². The molecular weight excluding hydrogens is 231 g/mol. The molecule has 0 saturated carbocycles. The van der Waals surface area contributed by atoms with E-state index in [9.17, 15) is 12.8 Å². The van der Waals surface area contributed by atoms with Crippen LogP contribution in [-0.2, 0) is 10.0 Å². The monoisotopic (exact) mass is 244 g/mol. The highest BCUT2D eigenvalue weighted by atomic mass is 32.2. The molecule has 0 radical (unpaired) electrons. The van der Waals surface area contributed by atoms with Crippen LogP contribution in [0.25, 0.3) is 0 Å². The number of halogens is 1. The molecule has 0 aliphatic carbocycles. The lowest BCUT2D eigenvalue weighted by atomic mass is 10.2. The second-order valence-electron chi connectivity index (χ2n) is 3.27. The number of rotatable bonds is 4. The summed E-state index contributed by atoms with van der Waals surface area (Å²) in [7, 11) is -3.74. The summed E-state index contributed by atoms with van der Waals surface area (Å²) in [6.07, 6.45) is 1.40. The Morgan fingerprint density at radius 2 is 2.19 bits per heavy atom. The first-order valence-corrected chi connectivity index (χ1v) is 6.03. The molecule has 1 aromatic carbocycles. The van der Waals surface area contributed by atoms with E-state index in [1.165, 1.54) is 19.1 Å². The van der Waals surface area contributed by atoms with Gasteiger partial charge in [0.1, 0.15) is 5.82 Å². The van der Waals surface area contributed by atoms with Gasteiger partial charge in [-0.3, -0.25) is 0 Å². The first kappa shape index (κ1) is 12.7. The number of hydrogen-bond acceptors (Lipinski definition) is 3. The SMILES string of the molecule is C=CCNS(=O)(=O)c1cc(N)cc(F)c1C. The van der Waals surface area contributed by atoms with Crippen LogP contribution in [0.3, 0.4) is 0 Å². The summed E-state index contributed by atoms with van der Waals surface area (Å²) in [4.78, 5) is -0.146. The summed E-state index contributed by atoms with van der Waals surface area (Å²) in [5.41, 5.74) is 5.52. The number of nitrogens with two attached hydrogens (primary N) is 1. The fourth-order valence-corrected chi connectivity index (χ4v) is 2.48. The lowest BCUT2D eigenvalue weighted by Crippen LogP contribution is -2.24. The molecule has 1 rings (SSSR count). The molecule has 4 nitrogen and oxygen atoms in total. The molecule has 0 bridgehead atoms. The normalized spacial score (nSPS) is 11.4. The predicted octanol–water partition coefficient (Wildman–Crippen LogP) is 1.18. The molecule has 88 valence electrons. The van der Waals surface area contributed by atoms with Gasteiger partial charge in [-0.1, -0.05) is 6.08 Å². The molecule has 0 aromatic heterocycles. The van der Waals surface area contributed by atoms with Crippen LogP contribution in [0.15, 0.2) is 29.7 Å². The lowest BCUT2D eigenvalue weighted by molar-refractivity contribution is 0.578. The average Bonchev–Trinajstić information content (AvgIpc) is 2.20. The molecule has 3 N–H and O–H groups in total. The van der Waals surface area contributed by atoms with Gasteiger partial charge in [0.15, 0.2) is 0 Å². The Hall–Kier alpha value is -1.40. The fraction of sp³-hybridized carbons (Fsp3) is 0.200. The molecule has 1 aromatic rings. The second-order valence-corrected chi connectivity index (χ2v) is 5.00. The fourth-order valence-electron chi connectivity index (χ4n) is 1.20. The third kappa shape index (κ3) is 2.59. The van der Waals surface area contributed by atoms with E-state index in [1.54, 1.807) is 0 Å². The van der Waals surface area contributed by atoms with E-state index in [4.69, 9.17) is 5.73 Å². The number of benzene rings is 1. The molecule has 0 amide bonds. The topological polar surface area (TPSA) is 72.2 Å².